The lowest BCUT2D eigenvalue weighted by atomic mass is 10.1. The van der Waals surface area contributed by atoms with Crippen LogP contribution in [0.25, 0.3) is 0 Å². The first kappa shape index (κ1) is 18.8. The van der Waals surface area contributed by atoms with Crippen LogP contribution in [0.1, 0.15) is 19.3 Å². The monoisotopic (exact) mass is 310 g/mol. The topological polar surface area (TPSA) is 136 Å². The number of rotatable bonds is 10. The first-order valence-corrected chi connectivity index (χ1v) is 8.19. The molecular formula is C11H22N2O6S. The highest BCUT2D eigenvalue weighted by molar-refractivity contribution is 7.90. The third-order valence-electron chi connectivity index (χ3n) is 2.59. The van der Waals surface area contributed by atoms with E-state index >= 15 is 0 Å². The molecule has 0 heterocycles. The molecule has 0 saturated heterocycles. The summed E-state index contributed by atoms with van der Waals surface area (Å²) in [6, 6.07) is -2.10. The fourth-order valence-electron chi connectivity index (χ4n) is 1.44. The molecule has 0 aliphatic heterocycles. The molecule has 0 bridgehead atoms. The molecule has 8 nitrogen and oxygen atoms in total. The lowest BCUT2D eigenvalue weighted by Crippen LogP contribution is -2.48. The first-order chi connectivity index (χ1) is 9.17. The van der Waals surface area contributed by atoms with E-state index in [2.05, 4.69) is 5.32 Å². The second-order valence-electron chi connectivity index (χ2n) is 4.56. The predicted octanol–water partition coefficient (Wildman–Crippen LogP) is -1.26. The average Bonchev–Trinajstić information content (AvgIpc) is 2.33. The van der Waals surface area contributed by atoms with Gasteiger partial charge in [-0.25, -0.2) is 13.2 Å². The average molecular weight is 310 g/mol. The number of carbonyl (C=O) groups excluding carboxylic acids is 1. The highest BCUT2D eigenvalue weighted by atomic mass is 32.2. The molecule has 0 aromatic carbocycles. The zero-order chi connectivity index (χ0) is 15.8. The van der Waals surface area contributed by atoms with Gasteiger partial charge in [0.25, 0.3) is 0 Å². The third kappa shape index (κ3) is 8.83. The van der Waals surface area contributed by atoms with Crippen molar-refractivity contribution in [3.05, 3.63) is 0 Å². The fraction of sp³-hybridized carbons (Fsp3) is 0.818. The lowest BCUT2D eigenvalue weighted by Gasteiger charge is -2.17. The summed E-state index contributed by atoms with van der Waals surface area (Å²) in [5.41, 5.74) is 5.53. The van der Waals surface area contributed by atoms with Crippen LogP contribution in [0.4, 0.5) is 0 Å². The minimum Gasteiger partial charge on any atom is -0.480 e. The van der Waals surface area contributed by atoms with Crippen LogP contribution < -0.4 is 11.1 Å². The molecule has 0 aliphatic carbocycles. The maximum Gasteiger partial charge on any atom is 0.326 e. The van der Waals surface area contributed by atoms with Crippen molar-refractivity contribution in [2.45, 2.75) is 31.3 Å². The van der Waals surface area contributed by atoms with Gasteiger partial charge in [0.15, 0.2) is 0 Å². The molecule has 2 unspecified atom stereocenters. The number of amides is 1. The number of hydrogen-bond donors (Lipinski definition) is 3. The molecule has 1 amide bonds. The Morgan fingerprint density at radius 1 is 1.35 bits per heavy atom. The van der Waals surface area contributed by atoms with E-state index in [0.29, 0.717) is 13.0 Å². The summed E-state index contributed by atoms with van der Waals surface area (Å²) in [5, 5.41) is 11.3. The molecule has 0 spiro atoms. The second kappa shape index (κ2) is 8.88. The van der Waals surface area contributed by atoms with E-state index in [0.717, 1.165) is 6.26 Å². The van der Waals surface area contributed by atoms with Crippen molar-refractivity contribution >= 4 is 21.7 Å². The standard InChI is InChI=1S/C11H22N2O6S/c1-19-6-3-4-9(11(15)16)13-10(14)8(12)5-7-20(2,17)18/h8-9H,3-7,12H2,1-2H3,(H,13,14)(H,15,16). The van der Waals surface area contributed by atoms with E-state index in [4.69, 9.17) is 15.6 Å². The molecule has 9 heteroatoms. The minimum atomic E-state index is -3.21. The summed E-state index contributed by atoms with van der Waals surface area (Å²) < 4.78 is 26.7. The van der Waals surface area contributed by atoms with Gasteiger partial charge >= 0.3 is 5.97 Å². The van der Waals surface area contributed by atoms with Gasteiger partial charge in [0.1, 0.15) is 15.9 Å². The summed E-state index contributed by atoms with van der Waals surface area (Å²) in [6.07, 6.45) is 1.69. The van der Waals surface area contributed by atoms with E-state index in [1.807, 2.05) is 0 Å². The second-order valence-corrected chi connectivity index (χ2v) is 6.82. The number of carboxylic acid groups (broad SMARTS) is 1. The zero-order valence-electron chi connectivity index (χ0n) is 11.7. The Morgan fingerprint density at radius 3 is 2.40 bits per heavy atom. The summed E-state index contributed by atoms with van der Waals surface area (Å²) in [4.78, 5) is 22.7. The van der Waals surface area contributed by atoms with Gasteiger partial charge in [0, 0.05) is 20.0 Å². The molecule has 118 valence electrons. The number of carboxylic acids is 1. The summed E-state index contributed by atoms with van der Waals surface area (Å²) in [5.74, 6) is -2.05. The van der Waals surface area contributed by atoms with Crippen LogP contribution in [-0.2, 0) is 24.2 Å². The van der Waals surface area contributed by atoms with Crippen molar-refractivity contribution < 1.29 is 27.9 Å². The molecule has 0 aromatic heterocycles. The van der Waals surface area contributed by atoms with Crippen LogP contribution in [0.2, 0.25) is 0 Å². The Balaban J connectivity index is 4.33. The molecule has 0 saturated carbocycles. The van der Waals surface area contributed by atoms with Crippen LogP contribution in [0.15, 0.2) is 0 Å². The van der Waals surface area contributed by atoms with Crippen molar-refractivity contribution in [2.24, 2.45) is 5.73 Å². The Hall–Kier alpha value is -1.19. The molecule has 0 fully saturated rings. The number of nitrogens with two attached hydrogens (primary N) is 1. The summed E-state index contributed by atoms with van der Waals surface area (Å²) >= 11 is 0. The van der Waals surface area contributed by atoms with Crippen LogP contribution in [0, 0.1) is 0 Å². The van der Waals surface area contributed by atoms with E-state index in [9.17, 15) is 18.0 Å². The number of sulfone groups is 1. The van der Waals surface area contributed by atoms with Crippen molar-refractivity contribution in [1.82, 2.24) is 5.32 Å². The van der Waals surface area contributed by atoms with Crippen molar-refractivity contribution in [2.75, 3.05) is 25.7 Å². The first-order valence-electron chi connectivity index (χ1n) is 6.12. The Bertz CT molecular complexity index is 423. The molecule has 0 radical (unpaired) electrons. The van der Waals surface area contributed by atoms with E-state index < -0.39 is 33.8 Å². The molecule has 2 atom stereocenters. The highest BCUT2D eigenvalue weighted by Gasteiger charge is 2.23. The fourth-order valence-corrected chi connectivity index (χ4v) is 2.12. The number of ether oxygens (including phenoxy) is 1. The van der Waals surface area contributed by atoms with Gasteiger partial charge in [0.05, 0.1) is 11.8 Å². The van der Waals surface area contributed by atoms with Gasteiger partial charge in [-0.05, 0) is 19.3 Å². The SMILES string of the molecule is COCCCC(NC(=O)C(N)CCS(C)(=O)=O)C(=O)O. The maximum absolute atomic E-state index is 11.7. The number of nitrogens with one attached hydrogen (secondary N) is 1. The van der Waals surface area contributed by atoms with Crippen LogP contribution in [-0.4, -0.2) is 63.2 Å². The van der Waals surface area contributed by atoms with Crippen molar-refractivity contribution in [1.29, 1.82) is 0 Å². The predicted molar refractivity (Wildman–Crippen MR) is 73.0 cm³/mol. The van der Waals surface area contributed by atoms with Crippen molar-refractivity contribution in [3.8, 4) is 0 Å². The summed E-state index contributed by atoms with van der Waals surface area (Å²) in [7, 11) is -1.71. The van der Waals surface area contributed by atoms with Gasteiger partial charge in [-0.3, -0.25) is 4.79 Å². The quantitative estimate of drug-likeness (QED) is 0.429. The Morgan fingerprint density at radius 2 is 1.95 bits per heavy atom. The van der Waals surface area contributed by atoms with Gasteiger partial charge in [-0.15, -0.1) is 0 Å². The Labute approximate surface area is 118 Å². The van der Waals surface area contributed by atoms with E-state index in [1.54, 1.807) is 0 Å². The van der Waals surface area contributed by atoms with Gasteiger partial charge in [-0.1, -0.05) is 0 Å². The van der Waals surface area contributed by atoms with Gasteiger partial charge in [-0.2, -0.15) is 0 Å². The molecule has 20 heavy (non-hydrogen) atoms. The van der Waals surface area contributed by atoms with Crippen LogP contribution in [0.5, 0.6) is 0 Å². The molecule has 0 aliphatic rings. The third-order valence-corrected chi connectivity index (χ3v) is 3.57. The van der Waals surface area contributed by atoms with Gasteiger partial charge in [0.2, 0.25) is 5.91 Å². The van der Waals surface area contributed by atoms with Gasteiger partial charge < -0.3 is 20.9 Å². The smallest absolute Gasteiger partial charge is 0.326 e. The Kier molecular flexibility index (Phi) is 8.35. The minimum absolute atomic E-state index is 0.0466. The molecule has 0 aromatic rings. The van der Waals surface area contributed by atoms with Crippen LogP contribution >= 0.6 is 0 Å². The van der Waals surface area contributed by atoms with E-state index in [-0.39, 0.29) is 18.6 Å². The number of carbonyl (C=O) groups is 2. The number of methoxy groups -OCH3 is 1. The number of aliphatic carboxylic acids is 1. The lowest BCUT2D eigenvalue weighted by molar-refractivity contribution is -0.142. The molecule has 0 rings (SSSR count). The number of hydrogen-bond acceptors (Lipinski definition) is 6. The largest absolute Gasteiger partial charge is 0.480 e. The highest BCUT2D eigenvalue weighted by Crippen LogP contribution is 2.00. The summed E-state index contributed by atoms with van der Waals surface area (Å²) in [6.45, 7) is 0.389. The maximum atomic E-state index is 11.7. The molecular weight excluding hydrogens is 288 g/mol. The molecule has 4 N–H and O–H groups in total. The van der Waals surface area contributed by atoms with E-state index in [1.165, 1.54) is 7.11 Å². The zero-order valence-corrected chi connectivity index (χ0v) is 12.5. The van der Waals surface area contributed by atoms with Crippen LogP contribution in [0.3, 0.4) is 0 Å². The van der Waals surface area contributed by atoms with Crippen molar-refractivity contribution in [3.63, 3.8) is 0 Å². The normalized spacial score (nSPS) is 14.6.